The van der Waals surface area contributed by atoms with Gasteiger partial charge in [0.15, 0.2) is 6.61 Å². The first-order chi connectivity index (χ1) is 12.1. The Morgan fingerprint density at radius 2 is 1.48 bits per heavy atom. The molecule has 138 valence electrons. The van der Waals surface area contributed by atoms with Crippen molar-refractivity contribution >= 4 is 11.9 Å². The van der Waals surface area contributed by atoms with Crippen molar-refractivity contribution in [1.82, 2.24) is 14.7 Å². The summed E-state index contributed by atoms with van der Waals surface area (Å²) in [5.41, 5.74) is 0. The summed E-state index contributed by atoms with van der Waals surface area (Å²) in [5, 5.41) is 0. The summed E-state index contributed by atoms with van der Waals surface area (Å²) in [6.07, 6.45) is 0. The molecule has 7 nitrogen and oxygen atoms in total. The fraction of sp³-hybridized carbons (Fsp3) is 0.556. The predicted molar refractivity (Wildman–Crippen MR) is 95.0 cm³/mol. The number of urea groups is 1. The van der Waals surface area contributed by atoms with Gasteiger partial charge in [-0.25, -0.2) is 4.79 Å². The largest absolute Gasteiger partial charge is 0.497 e. The average Bonchev–Trinajstić information content (AvgIpc) is 2.67. The summed E-state index contributed by atoms with van der Waals surface area (Å²) >= 11 is 0. The highest BCUT2D eigenvalue weighted by Crippen LogP contribution is 2.17. The SMILES string of the molecule is CCN(CC)C(=O)N1CCN(C(=O)COc2ccc(OC)cc2)CC1. The van der Waals surface area contributed by atoms with Gasteiger partial charge >= 0.3 is 6.03 Å². The molecule has 0 N–H and O–H groups in total. The fourth-order valence-corrected chi connectivity index (χ4v) is 2.75. The molecule has 1 aliphatic heterocycles. The van der Waals surface area contributed by atoms with Crippen molar-refractivity contribution in [3.63, 3.8) is 0 Å². The third-order valence-corrected chi connectivity index (χ3v) is 4.36. The van der Waals surface area contributed by atoms with Gasteiger partial charge in [-0.1, -0.05) is 0 Å². The number of hydrogen-bond donors (Lipinski definition) is 0. The van der Waals surface area contributed by atoms with E-state index in [0.29, 0.717) is 45.0 Å². The molecule has 0 aromatic heterocycles. The van der Waals surface area contributed by atoms with E-state index in [4.69, 9.17) is 9.47 Å². The molecule has 1 aromatic carbocycles. The van der Waals surface area contributed by atoms with E-state index < -0.39 is 0 Å². The molecular formula is C18H27N3O4. The van der Waals surface area contributed by atoms with E-state index in [0.717, 1.165) is 5.75 Å². The van der Waals surface area contributed by atoms with E-state index in [1.54, 1.807) is 46.1 Å². The molecule has 1 aliphatic rings. The number of benzene rings is 1. The van der Waals surface area contributed by atoms with Gasteiger partial charge in [0.2, 0.25) is 0 Å². The summed E-state index contributed by atoms with van der Waals surface area (Å²) in [4.78, 5) is 29.9. The number of methoxy groups -OCH3 is 1. The molecule has 1 saturated heterocycles. The van der Waals surface area contributed by atoms with Gasteiger partial charge in [0.25, 0.3) is 5.91 Å². The molecule has 0 aliphatic carbocycles. The lowest BCUT2D eigenvalue weighted by molar-refractivity contribution is -0.134. The Morgan fingerprint density at radius 1 is 0.960 bits per heavy atom. The maximum atomic E-state index is 12.3. The Hall–Kier alpha value is -2.44. The van der Waals surface area contributed by atoms with Gasteiger partial charge in [-0.15, -0.1) is 0 Å². The van der Waals surface area contributed by atoms with Gasteiger partial charge in [0, 0.05) is 39.3 Å². The van der Waals surface area contributed by atoms with Crippen LogP contribution < -0.4 is 9.47 Å². The molecule has 3 amide bonds. The van der Waals surface area contributed by atoms with Crippen LogP contribution in [0.25, 0.3) is 0 Å². The first-order valence-electron chi connectivity index (χ1n) is 8.67. The lowest BCUT2D eigenvalue weighted by Gasteiger charge is -2.37. The number of amides is 3. The Kier molecular flexibility index (Phi) is 6.91. The summed E-state index contributed by atoms with van der Waals surface area (Å²) in [6, 6.07) is 7.17. The van der Waals surface area contributed by atoms with Gasteiger partial charge < -0.3 is 24.2 Å². The van der Waals surface area contributed by atoms with Crippen LogP contribution in [0.4, 0.5) is 4.79 Å². The van der Waals surface area contributed by atoms with E-state index >= 15 is 0 Å². The monoisotopic (exact) mass is 349 g/mol. The highest BCUT2D eigenvalue weighted by atomic mass is 16.5. The highest BCUT2D eigenvalue weighted by molar-refractivity contribution is 5.79. The quantitative estimate of drug-likeness (QED) is 0.784. The zero-order valence-corrected chi connectivity index (χ0v) is 15.2. The van der Waals surface area contributed by atoms with E-state index in [1.807, 2.05) is 13.8 Å². The van der Waals surface area contributed by atoms with E-state index in [1.165, 1.54) is 0 Å². The molecular weight excluding hydrogens is 322 g/mol. The third kappa shape index (κ3) is 5.01. The van der Waals surface area contributed by atoms with Crippen LogP contribution in [0.3, 0.4) is 0 Å². The molecule has 7 heteroatoms. The molecule has 0 bridgehead atoms. The molecule has 1 fully saturated rings. The van der Waals surface area contributed by atoms with Crippen molar-refractivity contribution in [3.05, 3.63) is 24.3 Å². The van der Waals surface area contributed by atoms with Crippen molar-refractivity contribution in [2.45, 2.75) is 13.8 Å². The van der Waals surface area contributed by atoms with Gasteiger partial charge in [-0.2, -0.15) is 0 Å². The Balaban J connectivity index is 1.77. The lowest BCUT2D eigenvalue weighted by Crippen LogP contribution is -2.54. The van der Waals surface area contributed by atoms with Gasteiger partial charge in [0.05, 0.1) is 7.11 Å². The third-order valence-electron chi connectivity index (χ3n) is 4.36. The predicted octanol–water partition coefficient (Wildman–Crippen LogP) is 1.68. The van der Waals surface area contributed by atoms with Crippen LogP contribution in [-0.4, -0.2) is 79.6 Å². The van der Waals surface area contributed by atoms with Gasteiger partial charge in [0.1, 0.15) is 11.5 Å². The fourth-order valence-electron chi connectivity index (χ4n) is 2.75. The normalized spacial score (nSPS) is 14.2. The zero-order chi connectivity index (χ0) is 18.2. The second-order valence-corrected chi connectivity index (χ2v) is 5.79. The topological polar surface area (TPSA) is 62.3 Å². The van der Waals surface area contributed by atoms with Crippen LogP contribution in [0.15, 0.2) is 24.3 Å². The molecule has 0 atom stereocenters. The summed E-state index contributed by atoms with van der Waals surface area (Å²) in [6.45, 7) is 7.53. The number of carbonyl (C=O) groups is 2. The number of piperazine rings is 1. The van der Waals surface area contributed by atoms with Crippen molar-refractivity contribution in [3.8, 4) is 11.5 Å². The van der Waals surface area contributed by atoms with Crippen molar-refractivity contribution in [2.75, 3.05) is 53.0 Å². The first kappa shape index (κ1) is 18.9. The van der Waals surface area contributed by atoms with E-state index in [9.17, 15) is 9.59 Å². The number of ether oxygens (including phenoxy) is 2. The second-order valence-electron chi connectivity index (χ2n) is 5.79. The molecule has 25 heavy (non-hydrogen) atoms. The maximum absolute atomic E-state index is 12.3. The molecule has 0 radical (unpaired) electrons. The van der Waals surface area contributed by atoms with Crippen molar-refractivity contribution in [2.24, 2.45) is 0 Å². The van der Waals surface area contributed by atoms with Crippen LogP contribution >= 0.6 is 0 Å². The van der Waals surface area contributed by atoms with Crippen molar-refractivity contribution < 1.29 is 19.1 Å². The number of rotatable bonds is 6. The highest BCUT2D eigenvalue weighted by Gasteiger charge is 2.26. The number of nitrogens with zero attached hydrogens (tertiary/aromatic N) is 3. The molecule has 0 unspecified atom stereocenters. The smallest absolute Gasteiger partial charge is 0.320 e. The zero-order valence-electron chi connectivity index (χ0n) is 15.2. The van der Waals surface area contributed by atoms with Crippen LogP contribution in [0, 0.1) is 0 Å². The Morgan fingerprint density at radius 3 is 2.00 bits per heavy atom. The van der Waals surface area contributed by atoms with Gasteiger partial charge in [-0.05, 0) is 38.1 Å². The second kappa shape index (κ2) is 9.15. The summed E-state index contributed by atoms with van der Waals surface area (Å²) < 4.78 is 10.6. The van der Waals surface area contributed by atoms with Crippen LogP contribution in [0.5, 0.6) is 11.5 Å². The van der Waals surface area contributed by atoms with E-state index in [2.05, 4.69) is 0 Å². The lowest BCUT2D eigenvalue weighted by atomic mass is 10.3. The molecule has 1 aromatic rings. The minimum absolute atomic E-state index is 0.00365. The standard InChI is InChI=1S/C18H27N3O4/c1-4-19(5-2)18(23)21-12-10-20(11-13-21)17(22)14-25-16-8-6-15(24-3)7-9-16/h6-9H,4-5,10-14H2,1-3H3. The summed E-state index contributed by atoms with van der Waals surface area (Å²) in [7, 11) is 1.60. The Labute approximate surface area is 149 Å². The average molecular weight is 349 g/mol. The van der Waals surface area contributed by atoms with Crippen LogP contribution in [0.2, 0.25) is 0 Å². The minimum Gasteiger partial charge on any atom is -0.497 e. The number of carbonyl (C=O) groups excluding carboxylic acids is 2. The Bertz CT molecular complexity index is 564. The van der Waals surface area contributed by atoms with Crippen LogP contribution in [0.1, 0.15) is 13.8 Å². The molecule has 0 spiro atoms. The molecule has 1 heterocycles. The summed E-state index contributed by atoms with van der Waals surface area (Å²) in [5.74, 6) is 1.31. The first-order valence-corrected chi connectivity index (χ1v) is 8.67. The van der Waals surface area contributed by atoms with Crippen molar-refractivity contribution in [1.29, 1.82) is 0 Å². The molecule has 2 rings (SSSR count). The van der Waals surface area contributed by atoms with Gasteiger partial charge in [-0.3, -0.25) is 4.79 Å². The minimum atomic E-state index is -0.0641. The number of hydrogen-bond acceptors (Lipinski definition) is 4. The molecule has 0 saturated carbocycles. The van der Waals surface area contributed by atoms with E-state index in [-0.39, 0.29) is 18.5 Å². The van der Waals surface area contributed by atoms with Crippen LogP contribution in [-0.2, 0) is 4.79 Å². The maximum Gasteiger partial charge on any atom is 0.320 e.